The van der Waals surface area contributed by atoms with E-state index in [0.29, 0.717) is 6.04 Å². The molecule has 1 unspecified atom stereocenters. The first-order chi connectivity index (χ1) is 9.67. The number of nitrogens with one attached hydrogen (secondary N) is 1. The minimum atomic E-state index is 0.121. The van der Waals surface area contributed by atoms with Crippen molar-refractivity contribution in [2.45, 2.75) is 64.0 Å². The molecule has 1 saturated carbocycles. The number of ether oxygens (including phenoxy) is 1. The molecule has 0 aliphatic heterocycles. The van der Waals surface area contributed by atoms with Gasteiger partial charge in [0, 0.05) is 31.5 Å². The van der Waals surface area contributed by atoms with Crippen molar-refractivity contribution in [2.24, 2.45) is 0 Å². The second kappa shape index (κ2) is 7.19. The van der Waals surface area contributed by atoms with Gasteiger partial charge in [-0.15, -0.1) is 0 Å². The van der Waals surface area contributed by atoms with Crippen LogP contribution in [0.4, 0.5) is 0 Å². The maximum Gasteiger partial charge on any atom is 0.0693 e. The Hall–Kier alpha value is -0.930. The third-order valence-corrected chi connectivity index (χ3v) is 4.43. The van der Waals surface area contributed by atoms with Crippen molar-refractivity contribution in [3.8, 4) is 0 Å². The van der Waals surface area contributed by atoms with Crippen LogP contribution >= 0.6 is 0 Å². The second-order valence-electron chi connectivity index (χ2n) is 6.13. The summed E-state index contributed by atoms with van der Waals surface area (Å²) in [5.41, 5.74) is 2.52. The Morgan fingerprint density at radius 3 is 2.70 bits per heavy atom. The number of methoxy groups -OCH3 is 1. The van der Waals surface area contributed by atoms with Gasteiger partial charge in [-0.3, -0.25) is 4.98 Å². The van der Waals surface area contributed by atoms with Crippen LogP contribution in [-0.4, -0.2) is 30.3 Å². The lowest BCUT2D eigenvalue weighted by atomic mass is 9.75. The summed E-state index contributed by atoms with van der Waals surface area (Å²) < 4.78 is 5.78. The van der Waals surface area contributed by atoms with Crippen LogP contribution in [0.1, 0.15) is 50.3 Å². The van der Waals surface area contributed by atoms with Gasteiger partial charge >= 0.3 is 0 Å². The van der Waals surface area contributed by atoms with E-state index in [0.717, 1.165) is 25.8 Å². The van der Waals surface area contributed by atoms with Gasteiger partial charge in [0.05, 0.1) is 5.60 Å². The maximum absolute atomic E-state index is 5.78. The Labute approximate surface area is 123 Å². The molecule has 1 aliphatic carbocycles. The first kappa shape index (κ1) is 15.5. The van der Waals surface area contributed by atoms with Crippen LogP contribution < -0.4 is 5.32 Å². The fourth-order valence-electron chi connectivity index (χ4n) is 2.95. The molecule has 1 aromatic rings. The summed E-state index contributed by atoms with van der Waals surface area (Å²) in [6.07, 6.45) is 8.92. The minimum absolute atomic E-state index is 0.121. The Balaban J connectivity index is 1.97. The van der Waals surface area contributed by atoms with Gasteiger partial charge in [0.25, 0.3) is 0 Å². The molecule has 0 saturated heterocycles. The van der Waals surface area contributed by atoms with Crippen LogP contribution in [0.2, 0.25) is 0 Å². The summed E-state index contributed by atoms with van der Waals surface area (Å²) in [5.74, 6) is 0. The molecule has 0 radical (unpaired) electrons. The molecular formula is C17H28N2O. The number of aromatic nitrogens is 1. The number of nitrogens with zero attached hydrogens (tertiary/aromatic N) is 1. The quantitative estimate of drug-likeness (QED) is 0.791. The molecule has 1 fully saturated rings. The summed E-state index contributed by atoms with van der Waals surface area (Å²) >= 11 is 0. The smallest absolute Gasteiger partial charge is 0.0693 e. The Morgan fingerprint density at radius 1 is 1.40 bits per heavy atom. The molecule has 20 heavy (non-hydrogen) atoms. The van der Waals surface area contributed by atoms with Crippen molar-refractivity contribution < 1.29 is 4.74 Å². The lowest BCUT2D eigenvalue weighted by molar-refractivity contribution is -0.0834. The van der Waals surface area contributed by atoms with Crippen molar-refractivity contribution in [3.05, 3.63) is 29.6 Å². The first-order valence-electron chi connectivity index (χ1n) is 7.87. The van der Waals surface area contributed by atoms with E-state index in [4.69, 9.17) is 4.74 Å². The summed E-state index contributed by atoms with van der Waals surface area (Å²) in [6.45, 7) is 5.36. The molecule has 0 bridgehead atoms. The van der Waals surface area contributed by atoms with Gasteiger partial charge in [-0.1, -0.05) is 13.0 Å². The van der Waals surface area contributed by atoms with Gasteiger partial charge in [-0.25, -0.2) is 0 Å². The second-order valence-corrected chi connectivity index (χ2v) is 6.13. The van der Waals surface area contributed by atoms with Gasteiger partial charge in [-0.05, 0) is 57.2 Å². The van der Waals surface area contributed by atoms with Gasteiger partial charge < -0.3 is 10.1 Å². The van der Waals surface area contributed by atoms with Gasteiger partial charge in [0.15, 0.2) is 0 Å². The van der Waals surface area contributed by atoms with E-state index in [1.807, 2.05) is 13.3 Å². The van der Waals surface area contributed by atoms with Gasteiger partial charge in [0.1, 0.15) is 0 Å². The van der Waals surface area contributed by atoms with Crippen LogP contribution in [0.5, 0.6) is 0 Å². The summed E-state index contributed by atoms with van der Waals surface area (Å²) in [5, 5.41) is 3.67. The predicted molar refractivity (Wildman–Crippen MR) is 83.0 cm³/mol. The molecule has 3 nitrogen and oxygen atoms in total. The molecule has 0 spiro atoms. The summed E-state index contributed by atoms with van der Waals surface area (Å²) in [7, 11) is 1.86. The highest BCUT2D eigenvalue weighted by molar-refractivity contribution is 5.13. The topological polar surface area (TPSA) is 34.2 Å². The van der Waals surface area contributed by atoms with Crippen LogP contribution in [0.25, 0.3) is 0 Å². The van der Waals surface area contributed by atoms with Crippen molar-refractivity contribution >= 4 is 0 Å². The standard InChI is InChI=1S/C17H28N2O/c1-4-10-18-16(12-17(20-3)8-5-9-17)11-15-7-6-14(2)13-19-15/h6-7,13,16,18H,4-5,8-12H2,1-3H3. The van der Waals surface area contributed by atoms with E-state index >= 15 is 0 Å². The van der Waals surface area contributed by atoms with Crippen LogP contribution in [0.3, 0.4) is 0 Å². The zero-order chi connectivity index (χ0) is 14.4. The monoisotopic (exact) mass is 276 g/mol. The molecule has 1 aliphatic rings. The van der Waals surface area contributed by atoms with Crippen molar-refractivity contribution in [1.29, 1.82) is 0 Å². The lowest BCUT2D eigenvalue weighted by Gasteiger charge is -2.43. The Kier molecular flexibility index (Phi) is 5.55. The molecule has 1 heterocycles. The molecule has 1 N–H and O–H groups in total. The Bertz CT molecular complexity index is 392. The van der Waals surface area contributed by atoms with E-state index in [1.165, 1.54) is 30.5 Å². The van der Waals surface area contributed by atoms with Gasteiger partial charge in [0.2, 0.25) is 0 Å². The van der Waals surface area contributed by atoms with E-state index in [2.05, 4.69) is 36.3 Å². The normalized spacial score (nSPS) is 18.6. The molecule has 3 heteroatoms. The highest BCUT2D eigenvalue weighted by atomic mass is 16.5. The number of pyridine rings is 1. The van der Waals surface area contributed by atoms with Crippen molar-refractivity contribution in [2.75, 3.05) is 13.7 Å². The molecule has 2 rings (SSSR count). The lowest BCUT2D eigenvalue weighted by Crippen LogP contribution is -2.46. The molecule has 1 atom stereocenters. The maximum atomic E-state index is 5.78. The highest BCUT2D eigenvalue weighted by Gasteiger charge is 2.38. The zero-order valence-electron chi connectivity index (χ0n) is 13.1. The highest BCUT2D eigenvalue weighted by Crippen LogP contribution is 2.39. The van der Waals surface area contributed by atoms with Gasteiger partial charge in [-0.2, -0.15) is 0 Å². The van der Waals surface area contributed by atoms with E-state index < -0.39 is 0 Å². The SMILES string of the molecule is CCCNC(Cc1ccc(C)cn1)CC1(OC)CCC1. The number of hydrogen-bond acceptors (Lipinski definition) is 3. The molecule has 0 aromatic carbocycles. The third-order valence-electron chi connectivity index (χ3n) is 4.43. The van der Waals surface area contributed by atoms with Crippen LogP contribution in [0.15, 0.2) is 18.3 Å². The summed E-state index contributed by atoms with van der Waals surface area (Å²) in [4.78, 5) is 4.55. The van der Waals surface area contributed by atoms with Crippen molar-refractivity contribution in [1.82, 2.24) is 10.3 Å². The third kappa shape index (κ3) is 4.03. The Morgan fingerprint density at radius 2 is 2.20 bits per heavy atom. The molecular weight excluding hydrogens is 248 g/mol. The molecule has 112 valence electrons. The zero-order valence-corrected chi connectivity index (χ0v) is 13.1. The average molecular weight is 276 g/mol. The average Bonchev–Trinajstić information content (AvgIpc) is 2.42. The first-order valence-corrected chi connectivity index (χ1v) is 7.87. The van der Waals surface area contributed by atoms with Crippen LogP contribution in [0, 0.1) is 6.92 Å². The van der Waals surface area contributed by atoms with Crippen molar-refractivity contribution in [3.63, 3.8) is 0 Å². The number of hydrogen-bond donors (Lipinski definition) is 1. The predicted octanol–water partition coefficient (Wildman–Crippen LogP) is 3.26. The number of aryl methyl sites for hydroxylation is 1. The molecule has 0 amide bonds. The number of rotatable bonds is 8. The van der Waals surface area contributed by atoms with E-state index in [1.54, 1.807) is 0 Å². The van der Waals surface area contributed by atoms with Crippen LogP contribution in [-0.2, 0) is 11.2 Å². The van der Waals surface area contributed by atoms with E-state index in [-0.39, 0.29) is 5.60 Å². The fraction of sp³-hybridized carbons (Fsp3) is 0.706. The fourth-order valence-corrected chi connectivity index (χ4v) is 2.95. The summed E-state index contributed by atoms with van der Waals surface area (Å²) in [6, 6.07) is 4.76. The largest absolute Gasteiger partial charge is 0.378 e. The minimum Gasteiger partial charge on any atom is -0.378 e. The van der Waals surface area contributed by atoms with E-state index in [9.17, 15) is 0 Å². The molecule has 1 aromatic heterocycles.